The average molecular weight is 284 g/mol. The molecule has 0 radical (unpaired) electrons. The highest BCUT2D eigenvalue weighted by molar-refractivity contribution is 6.35. The van der Waals surface area contributed by atoms with Gasteiger partial charge in [-0.2, -0.15) is 0 Å². The van der Waals surface area contributed by atoms with Crippen LogP contribution in [0.1, 0.15) is 26.2 Å². The third kappa shape index (κ3) is 3.26. The maximum Gasteiger partial charge on any atom is 0.219 e. The molecular formula is C12H18ClN5O. The van der Waals surface area contributed by atoms with E-state index in [-0.39, 0.29) is 17.8 Å². The van der Waals surface area contributed by atoms with E-state index in [9.17, 15) is 4.79 Å². The largest absolute Gasteiger partial charge is 0.382 e. The number of rotatable bonds is 3. The van der Waals surface area contributed by atoms with Gasteiger partial charge in [-0.3, -0.25) is 4.79 Å². The lowest BCUT2D eigenvalue weighted by molar-refractivity contribution is -0.121. The van der Waals surface area contributed by atoms with Crippen molar-refractivity contribution in [3.63, 3.8) is 0 Å². The van der Waals surface area contributed by atoms with E-state index in [0.717, 1.165) is 19.4 Å². The number of anilines is 2. The SMILES string of the molecule is CCC(=O)NC1CCCN(c2ncnc(N)c2Cl)C1. The topological polar surface area (TPSA) is 84.1 Å². The maximum atomic E-state index is 11.4. The van der Waals surface area contributed by atoms with Gasteiger partial charge < -0.3 is 16.0 Å². The summed E-state index contributed by atoms with van der Waals surface area (Å²) in [6.07, 6.45) is 3.86. The Bertz CT molecular complexity index is 467. The summed E-state index contributed by atoms with van der Waals surface area (Å²) in [7, 11) is 0. The summed E-state index contributed by atoms with van der Waals surface area (Å²) in [5.74, 6) is 0.996. The van der Waals surface area contributed by atoms with Gasteiger partial charge in [-0.05, 0) is 12.8 Å². The Hall–Kier alpha value is -1.56. The quantitative estimate of drug-likeness (QED) is 0.871. The highest BCUT2D eigenvalue weighted by Crippen LogP contribution is 2.28. The van der Waals surface area contributed by atoms with Crippen molar-refractivity contribution in [3.8, 4) is 0 Å². The predicted molar refractivity (Wildman–Crippen MR) is 75.1 cm³/mol. The number of nitrogens with zero attached hydrogens (tertiary/aromatic N) is 3. The van der Waals surface area contributed by atoms with Crippen LogP contribution in [0.5, 0.6) is 0 Å². The summed E-state index contributed by atoms with van der Waals surface area (Å²) in [6.45, 7) is 3.40. The van der Waals surface area contributed by atoms with Crippen LogP contribution in [0.25, 0.3) is 0 Å². The molecule has 6 nitrogen and oxygen atoms in total. The van der Waals surface area contributed by atoms with Gasteiger partial charge in [0.15, 0.2) is 5.82 Å². The van der Waals surface area contributed by atoms with E-state index < -0.39 is 0 Å². The number of nitrogens with two attached hydrogens (primary N) is 1. The summed E-state index contributed by atoms with van der Waals surface area (Å²) >= 11 is 6.13. The Morgan fingerprint density at radius 3 is 3.16 bits per heavy atom. The van der Waals surface area contributed by atoms with Crippen LogP contribution < -0.4 is 16.0 Å². The Balaban J connectivity index is 2.08. The minimum Gasteiger partial charge on any atom is -0.382 e. The fourth-order valence-electron chi connectivity index (χ4n) is 2.21. The first-order chi connectivity index (χ1) is 9.11. The number of carbonyl (C=O) groups excluding carboxylic acids is 1. The van der Waals surface area contributed by atoms with Gasteiger partial charge in [0.05, 0.1) is 0 Å². The summed E-state index contributed by atoms with van der Waals surface area (Å²) in [5, 5.41) is 3.38. The number of hydrogen-bond acceptors (Lipinski definition) is 5. The Morgan fingerprint density at radius 2 is 2.42 bits per heavy atom. The van der Waals surface area contributed by atoms with Crippen molar-refractivity contribution in [2.45, 2.75) is 32.2 Å². The van der Waals surface area contributed by atoms with E-state index in [1.807, 2.05) is 11.8 Å². The van der Waals surface area contributed by atoms with Crippen LogP contribution in [0.4, 0.5) is 11.6 Å². The number of nitrogen functional groups attached to an aromatic ring is 1. The third-order valence-electron chi connectivity index (χ3n) is 3.21. The predicted octanol–water partition coefficient (Wildman–Crippen LogP) is 1.21. The van der Waals surface area contributed by atoms with Gasteiger partial charge in [0.25, 0.3) is 0 Å². The van der Waals surface area contributed by atoms with Crippen molar-refractivity contribution in [1.29, 1.82) is 0 Å². The molecule has 19 heavy (non-hydrogen) atoms. The zero-order valence-corrected chi connectivity index (χ0v) is 11.7. The van der Waals surface area contributed by atoms with Crippen molar-refractivity contribution < 1.29 is 4.79 Å². The molecule has 0 spiro atoms. The van der Waals surface area contributed by atoms with E-state index in [4.69, 9.17) is 17.3 Å². The van der Waals surface area contributed by atoms with Gasteiger partial charge in [-0.25, -0.2) is 9.97 Å². The average Bonchev–Trinajstić information content (AvgIpc) is 2.42. The van der Waals surface area contributed by atoms with Crippen molar-refractivity contribution in [2.24, 2.45) is 0 Å². The van der Waals surface area contributed by atoms with Crippen molar-refractivity contribution in [3.05, 3.63) is 11.3 Å². The summed E-state index contributed by atoms with van der Waals surface area (Å²) < 4.78 is 0. The number of carbonyl (C=O) groups is 1. The molecule has 0 bridgehead atoms. The molecule has 1 amide bonds. The third-order valence-corrected chi connectivity index (χ3v) is 3.57. The Labute approximate surface area is 117 Å². The standard InChI is InChI=1S/C12H18ClN5O/c1-2-9(19)17-8-4-3-5-18(6-8)12-10(13)11(14)15-7-16-12/h7-8H,2-6H2,1H3,(H,17,19)(H2,14,15,16). The van der Waals surface area contributed by atoms with Crippen LogP contribution in [-0.2, 0) is 4.79 Å². The fourth-order valence-corrected chi connectivity index (χ4v) is 2.43. The molecule has 0 saturated carbocycles. The first-order valence-corrected chi connectivity index (χ1v) is 6.80. The van der Waals surface area contributed by atoms with Crippen LogP contribution >= 0.6 is 11.6 Å². The minimum atomic E-state index is 0.0696. The molecule has 3 N–H and O–H groups in total. The highest BCUT2D eigenvalue weighted by atomic mass is 35.5. The van der Waals surface area contributed by atoms with E-state index in [1.54, 1.807) is 0 Å². The number of hydrogen-bond donors (Lipinski definition) is 2. The highest BCUT2D eigenvalue weighted by Gasteiger charge is 2.24. The second-order valence-corrected chi connectivity index (χ2v) is 4.98. The number of piperidine rings is 1. The van der Waals surface area contributed by atoms with Gasteiger partial charge in [-0.15, -0.1) is 0 Å². The van der Waals surface area contributed by atoms with E-state index in [0.29, 0.717) is 23.8 Å². The Morgan fingerprint density at radius 1 is 1.63 bits per heavy atom. The summed E-state index contributed by atoms with van der Waals surface area (Å²) in [4.78, 5) is 21.5. The van der Waals surface area contributed by atoms with Gasteiger partial charge in [0.1, 0.15) is 17.2 Å². The van der Waals surface area contributed by atoms with Crippen molar-refractivity contribution in [1.82, 2.24) is 15.3 Å². The molecule has 1 aromatic rings. The Kier molecular flexibility index (Phi) is 4.42. The molecule has 104 valence electrons. The van der Waals surface area contributed by atoms with Crippen LogP contribution in [0.15, 0.2) is 6.33 Å². The number of amides is 1. The molecule has 0 aromatic carbocycles. The molecule has 1 aromatic heterocycles. The van der Waals surface area contributed by atoms with Gasteiger partial charge >= 0.3 is 0 Å². The van der Waals surface area contributed by atoms with Crippen LogP contribution in [0.3, 0.4) is 0 Å². The lowest BCUT2D eigenvalue weighted by Crippen LogP contribution is -2.48. The van der Waals surface area contributed by atoms with Gasteiger partial charge in [0.2, 0.25) is 5.91 Å². The lowest BCUT2D eigenvalue weighted by atomic mass is 10.1. The minimum absolute atomic E-state index is 0.0696. The van der Waals surface area contributed by atoms with Crippen LogP contribution in [0.2, 0.25) is 5.02 Å². The van der Waals surface area contributed by atoms with E-state index >= 15 is 0 Å². The molecule has 1 saturated heterocycles. The zero-order chi connectivity index (χ0) is 13.8. The molecule has 1 aliphatic rings. The van der Waals surface area contributed by atoms with Gasteiger partial charge in [-0.1, -0.05) is 18.5 Å². The lowest BCUT2D eigenvalue weighted by Gasteiger charge is -2.34. The first-order valence-electron chi connectivity index (χ1n) is 6.42. The fraction of sp³-hybridized carbons (Fsp3) is 0.583. The van der Waals surface area contributed by atoms with E-state index in [1.165, 1.54) is 6.33 Å². The molecule has 1 aliphatic heterocycles. The number of aromatic nitrogens is 2. The van der Waals surface area contributed by atoms with E-state index in [2.05, 4.69) is 15.3 Å². The molecule has 0 aliphatic carbocycles. The molecule has 1 fully saturated rings. The van der Waals surface area contributed by atoms with Crippen molar-refractivity contribution in [2.75, 3.05) is 23.7 Å². The number of halogens is 1. The molecular weight excluding hydrogens is 266 g/mol. The second kappa shape index (κ2) is 6.06. The van der Waals surface area contributed by atoms with Crippen LogP contribution in [0, 0.1) is 0 Å². The van der Waals surface area contributed by atoms with Crippen molar-refractivity contribution >= 4 is 29.1 Å². The maximum absolute atomic E-state index is 11.4. The summed E-state index contributed by atoms with van der Waals surface area (Å²) in [5.41, 5.74) is 5.68. The molecule has 2 rings (SSSR count). The van der Waals surface area contributed by atoms with Crippen LogP contribution in [-0.4, -0.2) is 35.0 Å². The molecule has 1 atom stereocenters. The monoisotopic (exact) mass is 283 g/mol. The zero-order valence-electron chi connectivity index (χ0n) is 10.9. The smallest absolute Gasteiger partial charge is 0.219 e. The number of nitrogens with one attached hydrogen (secondary N) is 1. The van der Waals surface area contributed by atoms with Gasteiger partial charge in [0, 0.05) is 25.6 Å². The molecule has 2 heterocycles. The molecule has 7 heteroatoms. The molecule has 1 unspecified atom stereocenters. The second-order valence-electron chi connectivity index (χ2n) is 4.60. The normalized spacial score (nSPS) is 19.3. The summed E-state index contributed by atoms with van der Waals surface area (Å²) in [6, 6.07) is 0.133. The first kappa shape index (κ1) is 13.9.